The number of nitrogens with zero attached hydrogens (tertiary/aromatic N) is 6. The number of esters is 1. The fourth-order valence-electron chi connectivity index (χ4n) is 0.781. The van der Waals surface area contributed by atoms with Crippen LogP contribution >= 0.6 is 0 Å². The number of carbonyl (C=O) groups excluding carboxylic acids is 1. The number of azide groups is 1. The topological polar surface area (TPSA) is 171 Å². The largest absolute Gasteiger partial charge is 1.00 e. The van der Waals surface area contributed by atoms with Crippen molar-refractivity contribution in [3.8, 4) is 0 Å². The van der Waals surface area contributed by atoms with Crippen LogP contribution in [0.15, 0.2) is 5.11 Å². The predicted octanol–water partition coefficient (Wildman–Crippen LogP) is -0.648. The van der Waals surface area contributed by atoms with Gasteiger partial charge in [0.1, 0.15) is 11.6 Å². The SMILES string of the molecule is CC(C)(C)OC(=O)C[C@H](N=[N+]=[N-])C(=O)O.[N-]=[N+]=[N-].[Na+]. The van der Waals surface area contributed by atoms with Crippen LogP contribution in [0.4, 0.5) is 0 Å². The van der Waals surface area contributed by atoms with Gasteiger partial charge in [-0.25, -0.2) is 0 Å². The van der Waals surface area contributed by atoms with Gasteiger partial charge in [0.15, 0.2) is 0 Å². The fourth-order valence-corrected chi connectivity index (χ4v) is 0.781. The van der Waals surface area contributed by atoms with Crippen molar-refractivity contribution in [1.82, 2.24) is 0 Å². The molecule has 0 bridgehead atoms. The number of hydrogen-bond donors (Lipinski definition) is 1. The molecule has 0 fully saturated rings. The number of carbonyl (C=O) groups is 2. The Bertz CT molecular complexity index is 379. The van der Waals surface area contributed by atoms with E-state index in [1.54, 1.807) is 20.8 Å². The minimum absolute atomic E-state index is 0. The average molecular weight is 280 g/mol. The average Bonchev–Trinajstić information content (AvgIpc) is 2.15. The van der Waals surface area contributed by atoms with Crippen LogP contribution in [0.25, 0.3) is 26.4 Å². The van der Waals surface area contributed by atoms with E-state index in [2.05, 4.69) is 10.0 Å². The smallest absolute Gasteiger partial charge is 0.481 e. The van der Waals surface area contributed by atoms with E-state index in [0.29, 0.717) is 0 Å². The van der Waals surface area contributed by atoms with Crippen LogP contribution in [-0.2, 0) is 14.3 Å². The van der Waals surface area contributed by atoms with E-state index in [4.69, 9.17) is 26.4 Å². The van der Waals surface area contributed by atoms with Gasteiger partial charge < -0.3 is 20.9 Å². The van der Waals surface area contributed by atoms with Crippen LogP contribution in [0, 0.1) is 0 Å². The number of carboxylic acids is 1. The van der Waals surface area contributed by atoms with E-state index in [9.17, 15) is 9.59 Å². The summed E-state index contributed by atoms with van der Waals surface area (Å²) in [5.41, 5.74) is 20.9. The Labute approximate surface area is 131 Å². The summed E-state index contributed by atoms with van der Waals surface area (Å²) < 4.78 is 4.88. The Balaban J connectivity index is -0.000000580. The van der Waals surface area contributed by atoms with Gasteiger partial charge in [0.2, 0.25) is 0 Å². The molecule has 0 aliphatic heterocycles. The zero-order chi connectivity index (χ0) is 14.8. The summed E-state index contributed by atoms with van der Waals surface area (Å²) in [7, 11) is 0. The molecule has 1 atom stereocenters. The van der Waals surface area contributed by atoms with E-state index in [-0.39, 0.29) is 29.6 Å². The van der Waals surface area contributed by atoms with Crippen molar-refractivity contribution in [3.63, 3.8) is 0 Å². The van der Waals surface area contributed by atoms with Crippen LogP contribution in [0.5, 0.6) is 0 Å². The maximum absolute atomic E-state index is 11.2. The molecule has 0 amide bonds. The summed E-state index contributed by atoms with van der Waals surface area (Å²) in [6, 6.07) is -1.41. The molecule has 0 aromatic carbocycles. The van der Waals surface area contributed by atoms with Crippen molar-refractivity contribution < 1.29 is 49.0 Å². The Morgan fingerprint density at radius 1 is 1.32 bits per heavy atom. The zero-order valence-electron chi connectivity index (χ0n) is 11.1. The predicted molar refractivity (Wildman–Crippen MR) is 61.1 cm³/mol. The van der Waals surface area contributed by atoms with Gasteiger partial charge in [-0.1, -0.05) is 5.11 Å². The molecule has 0 aromatic rings. The monoisotopic (exact) mass is 280 g/mol. The van der Waals surface area contributed by atoms with Gasteiger partial charge in [0, 0.05) is 4.91 Å². The number of hydrogen-bond acceptors (Lipinski definition) is 4. The van der Waals surface area contributed by atoms with Crippen LogP contribution in [-0.4, -0.2) is 28.7 Å². The van der Waals surface area contributed by atoms with Crippen LogP contribution in [0.1, 0.15) is 27.2 Å². The van der Waals surface area contributed by atoms with Gasteiger partial charge in [0.05, 0.1) is 6.42 Å². The summed E-state index contributed by atoms with van der Waals surface area (Å²) in [4.78, 5) is 25.5. The van der Waals surface area contributed by atoms with Gasteiger partial charge in [-0.2, -0.15) is 0 Å². The second-order valence-electron chi connectivity index (χ2n) is 3.94. The molecule has 0 saturated heterocycles. The second-order valence-corrected chi connectivity index (χ2v) is 3.94. The molecule has 0 aromatic heterocycles. The first-order chi connectivity index (χ1) is 8.17. The molecular weight excluding hydrogens is 267 g/mol. The Morgan fingerprint density at radius 3 is 2.00 bits per heavy atom. The van der Waals surface area contributed by atoms with E-state index in [0.717, 1.165) is 0 Å². The number of ether oxygens (including phenoxy) is 1. The molecule has 19 heavy (non-hydrogen) atoms. The summed E-state index contributed by atoms with van der Waals surface area (Å²) in [5.74, 6) is -2.05. The van der Waals surface area contributed by atoms with E-state index in [1.165, 1.54) is 4.91 Å². The second kappa shape index (κ2) is 11.6. The first-order valence-corrected chi connectivity index (χ1v) is 4.65. The van der Waals surface area contributed by atoms with Crippen molar-refractivity contribution in [1.29, 1.82) is 0 Å². The standard InChI is InChI=1S/C8H13N3O4.N3.Na/c1-8(2,3)15-6(12)4-5(7(13)14)10-11-9;1-3-2;/h5H,4H2,1-3H3,(H,13,14);;/q;-1;+1/t5-;;/m0../s1. The molecule has 0 unspecified atom stereocenters. The Hall–Kier alpha value is -1.44. The fraction of sp³-hybridized carbons (Fsp3) is 0.750. The molecule has 0 saturated carbocycles. The molecule has 100 valence electrons. The quantitative estimate of drug-likeness (QED) is 0.237. The van der Waals surface area contributed by atoms with Crippen molar-refractivity contribution >= 4 is 11.9 Å². The first kappa shape index (κ1) is 22.7. The van der Waals surface area contributed by atoms with Gasteiger partial charge >= 0.3 is 41.5 Å². The molecule has 10 nitrogen and oxygen atoms in total. The summed E-state index contributed by atoms with van der Waals surface area (Å²) in [5, 5.41) is 11.6. The van der Waals surface area contributed by atoms with Crippen molar-refractivity contribution in [2.75, 3.05) is 0 Å². The van der Waals surface area contributed by atoms with E-state index in [1.807, 2.05) is 0 Å². The molecule has 0 aliphatic carbocycles. The normalized spacial score (nSPS) is 10.3. The molecule has 0 aliphatic rings. The Kier molecular flexibility index (Phi) is 13.9. The first-order valence-electron chi connectivity index (χ1n) is 4.65. The molecule has 0 spiro atoms. The molecule has 0 radical (unpaired) electrons. The minimum Gasteiger partial charge on any atom is -0.481 e. The number of rotatable bonds is 4. The third-order valence-corrected chi connectivity index (χ3v) is 1.26. The molecule has 0 rings (SSSR count). The van der Waals surface area contributed by atoms with Crippen LogP contribution in [0.3, 0.4) is 0 Å². The molecule has 1 N–H and O–H groups in total. The van der Waals surface area contributed by atoms with E-state index < -0.39 is 30.0 Å². The summed E-state index contributed by atoms with van der Waals surface area (Å²) >= 11 is 0. The molecule has 0 heterocycles. The number of carboxylic acid groups (broad SMARTS) is 1. The zero-order valence-corrected chi connectivity index (χ0v) is 13.1. The van der Waals surface area contributed by atoms with E-state index >= 15 is 0 Å². The third-order valence-electron chi connectivity index (χ3n) is 1.26. The Morgan fingerprint density at radius 2 is 1.74 bits per heavy atom. The molecule has 11 heteroatoms. The molecular formula is C8H13N6NaO4. The van der Waals surface area contributed by atoms with Gasteiger partial charge in [-0.15, -0.1) is 0 Å². The van der Waals surface area contributed by atoms with Crippen LogP contribution in [0.2, 0.25) is 0 Å². The number of aliphatic carboxylic acids is 1. The van der Waals surface area contributed by atoms with Gasteiger partial charge in [-0.05, 0) is 26.3 Å². The van der Waals surface area contributed by atoms with Gasteiger partial charge in [0.25, 0.3) is 0 Å². The summed E-state index contributed by atoms with van der Waals surface area (Å²) in [6.45, 7) is 4.98. The van der Waals surface area contributed by atoms with Crippen LogP contribution < -0.4 is 29.6 Å². The third kappa shape index (κ3) is 16.6. The van der Waals surface area contributed by atoms with Crippen molar-refractivity contribution in [3.05, 3.63) is 26.4 Å². The summed E-state index contributed by atoms with van der Waals surface area (Å²) in [6.07, 6.45) is -0.462. The maximum Gasteiger partial charge on any atom is 1.00 e. The van der Waals surface area contributed by atoms with Crippen molar-refractivity contribution in [2.45, 2.75) is 38.8 Å². The van der Waals surface area contributed by atoms with Crippen molar-refractivity contribution in [2.24, 2.45) is 5.11 Å². The maximum atomic E-state index is 11.2. The minimum atomic E-state index is -1.41. The van der Waals surface area contributed by atoms with Gasteiger partial charge in [-0.3, -0.25) is 14.5 Å².